The smallest absolute Gasteiger partial charge is 0.338 e. The van der Waals surface area contributed by atoms with Gasteiger partial charge in [-0.25, -0.2) is 4.79 Å². The molecule has 0 fully saturated rings. The van der Waals surface area contributed by atoms with Gasteiger partial charge in [-0.15, -0.1) is 0 Å². The highest BCUT2D eigenvalue weighted by Gasteiger charge is 2.12. The first-order chi connectivity index (χ1) is 8.15. The molecule has 1 heterocycles. The van der Waals surface area contributed by atoms with Crippen molar-refractivity contribution in [3.05, 3.63) is 46.4 Å². The van der Waals surface area contributed by atoms with Crippen molar-refractivity contribution in [2.75, 3.05) is 6.61 Å². The van der Waals surface area contributed by atoms with Crippen LogP contribution >= 0.6 is 0 Å². The van der Waals surface area contributed by atoms with E-state index in [1.54, 1.807) is 44.4 Å². The Balaban J connectivity index is 2.71. The molecule has 88 valence electrons. The minimum Gasteiger partial charge on any atom is -0.462 e. The lowest BCUT2D eigenvalue weighted by Gasteiger charge is -2.06. The molecular weight excluding hydrogens is 218 g/mol. The molecule has 4 heteroatoms. The second kappa shape index (κ2) is 4.41. The first-order valence-corrected chi connectivity index (χ1v) is 5.40. The molecule has 1 aromatic heterocycles. The molecule has 2 rings (SSSR count). The van der Waals surface area contributed by atoms with Crippen LogP contribution in [-0.4, -0.2) is 17.1 Å². The van der Waals surface area contributed by atoms with Gasteiger partial charge in [-0.2, -0.15) is 0 Å². The zero-order valence-corrected chi connectivity index (χ0v) is 9.77. The number of aryl methyl sites for hydroxylation is 1. The molecule has 17 heavy (non-hydrogen) atoms. The van der Waals surface area contributed by atoms with E-state index < -0.39 is 5.97 Å². The van der Waals surface area contributed by atoms with Crippen molar-refractivity contribution >= 4 is 16.7 Å². The number of carbonyl (C=O) groups excluding carboxylic acids is 1. The second-order valence-electron chi connectivity index (χ2n) is 3.72. The largest absolute Gasteiger partial charge is 0.462 e. The number of carbonyl (C=O) groups is 1. The Kier molecular flexibility index (Phi) is 2.95. The van der Waals surface area contributed by atoms with Crippen LogP contribution in [0.15, 0.2) is 35.3 Å². The van der Waals surface area contributed by atoms with Crippen LogP contribution in [0, 0.1) is 0 Å². The van der Waals surface area contributed by atoms with Crippen LogP contribution in [0.4, 0.5) is 0 Å². The first-order valence-electron chi connectivity index (χ1n) is 5.40. The summed E-state index contributed by atoms with van der Waals surface area (Å²) in [7, 11) is 1.68. The Labute approximate surface area is 98.4 Å². The highest BCUT2D eigenvalue weighted by Crippen LogP contribution is 2.16. The normalized spacial score (nSPS) is 10.5. The molecule has 0 amide bonds. The average molecular weight is 231 g/mol. The van der Waals surface area contributed by atoms with Gasteiger partial charge in [0.1, 0.15) is 0 Å². The van der Waals surface area contributed by atoms with Crippen molar-refractivity contribution in [1.82, 2.24) is 4.57 Å². The monoisotopic (exact) mass is 231 g/mol. The summed E-state index contributed by atoms with van der Waals surface area (Å²) in [6.45, 7) is 2.07. The van der Waals surface area contributed by atoms with Crippen LogP contribution in [-0.2, 0) is 11.8 Å². The van der Waals surface area contributed by atoms with Gasteiger partial charge in [0.2, 0.25) is 0 Å². The summed E-state index contributed by atoms with van der Waals surface area (Å²) in [5.41, 5.74) is 0.315. The van der Waals surface area contributed by atoms with Gasteiger partial charge in [0.15, 0.2) is 0 Å². The van der Waals surface area contributed by atoms with Crippen molar-refractivity contribution < 1.29 is 9.53 Å². The third kappa shape index (κ3) is 1.93. The molecule has 0 saturated carbocycles. The number of ether oxygens (including phenoxy) is 1. The van der Waals surface area contributed by atoms with Crippen LogP contribution in [0.2, 0.25) is 0 Å². The van der Waals surface area contributed by atoms with Gasteiger partial charge in [-0.1, -0.05) is 6.07 Å². The van der Waals surface area contributed by atoms with E-state index in [1.165, 1.54) is 4.57 Å². The van der Waals surface area contributed by atoms with Crippen molar-refractivity contribution in [2.45, 2.75) is 6.92 Å². The number of esters is 1. The molecule has 0 aliphatic carbocycles. The summed E-state index contributed by atoms with van der Waals surface area (Å²) in [6.07, 6.45) is 1.65. The van der Waals surface area contributed by atoms with E-state index in [9.17, 15) is 9.59 Å². The SMILES string of the molecule is CCOC(=O)c1cccc2c(=O)n(C)ccc12. The fourth-order valence-corrected chi connectivity index (χ4v) is 1.76. The standard InChI is InChI=1S/C13H13NO3/c1-3-17-13(16)11-6-4-5-10-9(11)7-8-14(2)12(10)15/h4-8H,3H2,1-2H3. The Morgan fingerprint density at radius 1 is 1.29 bits per heavy atom. The van der Waals surface area contributed by atoms with E-state index in [0.717, 1.165) is 0 Å². The third-order valence-electron chi connectivity index (χ3n) is 2.62. The number of rotatable bonds is 2. The molecular formula is C13H13NO3. The summed E-state index contributed by atoms with van der Waals surface area (Å²) >= 11 is 0. The molecule has 0 unspecified atom stereocenters. The number of hydrogen-bond donors (Lipinski definition) is 0. The lowest BCUT2D eigenvalue weighted by atomic mass is 10.1. The molecule has 0 aliphatic rings. The molecule has 1 aromatic carbocycles. The van der Waals surface area contributed by atoms with Crippen molar-refractivity contribution in [3.8, 4) is 0 Å². The van der Waals surface area contributed by atoms with E-state index in [1.807, 2.05) is 0 Å². The molecule has 0 atom stereocenters. The van der Waals surface area contributed by atoms with E-state index in [2.05, 4.69) is 0 Å². The maximum Gasteiger partial charge on any atom is 0.338 e. The number of aromatic nitrogens is 1. The van der Waals surface area contributed by atoms with E-state index in [-0.39, 0.29) is 5.56 Å². The topological polar surface area (TPSA) is 48.3 Å². The van der Waals surface area contributed by atoms with Gasteiger partial charge >= 0.3 is 5.97 Å². The van der Waals surface area contributed by atoms with Crippen LogP contribution in [0.1, 0.15) is 17.3 Å². The molecule has 0 aliphatic heterocycles. The minimum absolute atomic E-state index is 0.117. The highest BCUT2D eigenvalue weighted by atomic mass is 16.5. The maximum atomic E-state index is 11.9. The first kappa shape index (κ1) is 11.4. The average Bonchev–Trinajstić information content (AvgIpc) is 2.33. The summed E-state index contributed by atoms with van der Waals surface area (Å²) in [4.78, 5) is 23.6. The summed E-state index contributed by atoms with van der Waals surface area (Å²) in [6, 6.07) is 6.82. The number of fused-ring (bicyclic) bond motifs is 1. The van der Waals surface area contributed by atoms with E-state index in [0.29, 0.717) is 22.9 Å². The van der Waals surface area contributed by atoms with Gasteiger partial charge < -0.3 is 9.30 Å². The molecule has 4 nitrogen and oxygen atoms in total. The van der Waals surface area contributed by atoms with E-state index in [4.69, 9.17) is 4.74 Å². The quantitative estimate of drug-likeness (QED) is 0.739. The predicted octanol–water partition coefficient (Wildman–Crippen LogP) is 1.72. The summed E-state index contributed by atoms with van der Waals surface area (Å²) < 4.78 is 6.44. The van der Waals surface area contributed by atoms with Crippen molar-refractivity contribution in [3.63, 3.8) is 0 Å². The second-order valence-corrected chi connectivity index (χ2v) is 3.72. The number of pyridine rings is 1. The molecule has 0 bridgehead atoms. The molecule has 0 spiro atoms. The lowest BCUT2D eigenvalue weighted by Crippen LogP contribution is -2.16. The van der Waals surface area contributed by atoms with Gasteiger partial charge in [-0.05, 0) is 25.1 Å². The van der Waals surface area contributed by atoms with Gasteiger partial charge in [0.05, 0.1) is 12.2 Å². The van der Waals surface area contributed by atoms with Crippen LogP contribution in [0.5, 0.6) is 0 Å². The molecule has 0 radical (unpaired) electrons. The fraction of sp³-hybridized carbons (Fsp3) is 0.231. The zero-order valence-electron chi connectivity index (χ0n) is 9.77. The Bertz CT molecular complexity index is 628. The van der Waals surface area contributed by atoms with Gasteiger partial charge in [-0.3, -0.25) is 4.79 Å². The third-order valence-corrected chi connectivity index (χ3v) is 2.62. The van der Waals surface area contributed by atoms with Crippen LogP contribution < -0.4 is 5.56 Å². The van der Waals surface area contributed by atoms with Crippen molar-refractivity contribution in [2.24, 2.45) is 7.05 Å². The summed E-state index contributed by atoms with van der Waals surface area (Å²) in [5.74, 6) is -0.397. The Morgan fingerprint density at radius 2 is 2.06 bits per heavy atom. The highest BCUT2D eigenvalue weighted by molar-refractivity contribution is 6.04. The Morgan fingerprint density at radius 3 is 2.76 bits per heavy atom. The fourth-order valence-electron chi connectivity index (χ4n) is 1.76. The van der Waals surface area contributed by atoms with Crippen molar-refractivity contribution in [1.29, 1.82) is 0 Å². The van der Waals surface area contributed by atoms with Gasteiger partial charge in [0.25, 0.3) is 5.56 Å². The number of benzene rings is 1. The number of hydrogen-bond acceptors (Lipinski definition) is 3. The maximum absolute atomic E-state index is 11.9. The molecule has 2 aromatic rings. The summed E-state index contributed by atoms with van der Waals surface area (Å²) in [5, 5.41) is 1.16. The zero-order chi connectivity index (χ0) is 12.4. The molecule has 0 N–H and O–H groups in total. The van der Waals surface area contributed by atoms with E-state index >= 15 is 0 Å². The molecule has 0 saturated heterocycles. The predicted molar refractivity (Wildman–Crippen MR) is 65.1 cm³/mol. The van der Waals surface area contributed by atoms with Crippen LogP contribution in [0.25, 0.3) is 10.8 Å². The number of nitrogens with zero attached hydrogens (tertiary/aromatic N) is 1. The van der Waals surface area contributed by atoms with Crippen LogP contribution in [0.3, 0.4) is 0 Å². The van der Waals surface area contributed by atoms with Gasteiger partial charge in [0, 0.05) is 24.0 Å². The Hall–Kier alpha value is -2.10. The lowest BCUT2D eigenvalue weighted by molar-refractivity contribution is 0.0528. The minimum atomic E-state index is -0.397.